The molecule has 0 fully saturated rings. The van der Waals surface area contributed by atoms with E-state index in [1.165, 1.54) is 0 Å². The van der Waals surface area contributed by atoms with Crippen molar-refractivity contribution < 1.29 is 4.79 Å². The van der Waals surface area contributed by atoms with Crippen molar-refractivity contribution >= 4 is 6.29 Å². The second-order valence-electron chi connectivity index (χ2n) is 4.81. The first-order valence-corrected chi connectivity index (χ1v) is 6.18. The smallest absolute Gasteiger partial charge is 0.218 e. The van der Waals surface area contributed by atoms with Crippen molar-refractivity contribution in [2.45, 2.75) is 26.8 Å². The molecule has 0 saturated carbocycles. The maximum absolute atomic E-state index is 12.2. The molecule has 0 saturated heterocycles. The van der Waals surface area contributed by atoms with E-state index >= 15 is 0 Å². The SMILES string of the molecule is Cc1ccc(-c2cn(C(C)C)nc(C=O)c2=O)cc1. The number of hydrogen-bond donors (Lipinski definition) is 0. The molecule has 2 rings (SSSR count). The van der Waals surface area contributed by atoms with Gasteiger partial charge in [-0.05, 0) is 26.3 Å². The quantitative estimate of drug-likeness (QED) is 0.793. The largest absolute Gasteiger partial charge is 0.296 e. The number of rotatable bonds is 3. The van der Waals surface area contributed by atoms with E-state index in [0.29, 0.717) is 11.8 Å². The zero-order chi connectivity index (χ0) is 14.0. The molecule has 0 aliphatic rings. The Kier molecular flexibility index (Phi) is 3.60. The average molecular weight is 256 g/mol. The Morgan fingerprint density at radius 3 is 2.37 bits per heavy atom. The van der Waals surface area contributed by atoms with Crippen LogP contribution >= 0.6 is 0 Å². The minimum atomic E-state index is -0.323. The monoisotopic (exact) mass is 256 g/mol. The number of aromatic nitrogens is 2. The van der Waals surface area contributed by atoms with E-state index in [9.17, 15) is 9.59 Å². The number of hydrogen-bond acceptors (Lipinski definition) is 3. The predicted octanol–water partition coefficient (Wildman–Crippen LogP) is 2.61. The van der Waals surface area contributed by atoms with Crippen LogP contribution in [0, 0.1) is 6.92 Å². The van der Waals surface area contributed by atoms with Crippen LogP contribution in [-0.4, -0.2) is 16.1 Å². The Bertz CT molecular complexity index is 655. The van der Waals surface area contributed by atoms with Crippen LogP contribution in [0.15, 0.2) is 35.3 Å². The van der Waals surface area contributed by atoms with Crippen molar-refractivity contribution in [3.05, 3.63) is 51.9 Å². The molecular formula is C15H16N2O2. The first-order chi connectivity index (χ1) is 9.02. The Morgan fingerprint density at radius 2 is 1.84 bits per heavy atom. The van der Waals surface area contributed by atoms with Gasteiger partial charge in [-0.15, -0.1) is 0 Å². The number of aryl methyl sites for hydroxylation is 1. The van der Waals surface area contributed by atoms with Crippen molar-refractivity contribution in [2.75, 3.05) is 0 Å². The van der Waals surface area contributed by atoms with Crippen LogP contribution in [0.1, 0.15) is 35.9 Å². The lowest BCUT2D eigenvalue weighted by atomic mass is 10.1. The highest BCUT2D eigenvalue weighted by Gasteiger charge is 2.11. The summed E-state index contributed by atoms with van der Waals surface area (Å²) in [7, 11) is 0. The van der Waals surface area contributed by atoms with E-state index in [0.717, 1.165) is 11.1 Å². The molecular weight excluding hydrogens is 240 g/mol. The maximum Gasteiger partial charge on any atom is 0.218 e. The van der Waals surface area contributed by atoms with Crippen molar-refractivity contribution in [1.82, 2.24) is 9.78 Å². The first-order valence-electron chi connectivity index (χ1n) is 6.18. The van der Waals surface area contributed by atoms with Crippen LogP contribution in [0.2, 0.25) is 0 Å². The lowest BCUT2D eigenvalue weighted by Gasteiger charge is -2.12. The van der Waals surface area contributed by atoms with Gasteiger partial charge in [-0.1, -0.05) is 29.8 Å². The van der Waals surface area contributed by atoms with Gasteiger partial charge in [-0.3, -0.25) is 14.3 Å². The Morgan fingerprint density at radius 1 is 1.21 bits per heavy atom. The summed E-state index contributed by atoms with van der Waals surface area (Å²) in [5.41, 5.74) is 2.06. The molecule has 1 aromatic carbocycles. The Labute approximate surface area is 111 Å². The summed E-state index contributed by atoms with van der Waals surface area (Å²) in [6.45, 7) is 5.88. The summed E-state index contributed by atoms with van der Waals surface area (Å²) < 4.78 is 1.64. The minimum Gasteiger partial charge on any atom is -0.296 e. The second-order valence-corrected chi connectivity index (χ2v) is 4.81. The standard InChI is InChI=1S/C15H16N2O2/c1-10(2)17-8-13(15(19)14(9-18)16-17)12-6-4-11(3)5-7-12/h4-10H,1-3H3. The molecule has 0 aliphatic carbocycles. The summed E-state index contributed by atoms with van der Waals surface area (Å²) >= 11 is 0. The molecule has 19 heavy (non-hydrogen) atoms. The van der Waals surface area contributed by atoms with Gasteiger partial charge in [0.05, 0.1) is 0 Å². The van der Waals surface area contributed by atoms with E-state index in [1.807, 2.05) is 45.0 Å². The third-order valence-electron chi connectivity index (χ3n) is 2.97. The molecule has 0 amide bonds. The number of benzene rings is 1. The average Bonchev–Trinajstić information content (AvgIpc) is 2.40. The van der Waals surface area contributed by atoms with E-state index in [2.05, 4.69) is 5.10 Å². The zero-order valence-corrected chi connectivity index (χ0v) is 11.3. The molecule has 0 spiro atoms. The van der Waals surface area contributed by atoms with Crippen molar-refractivity contribution in [1.29, 1.82) is 0 Å². The van der Waals surface area contributed by atoms with Crippen LogP contribution in [0.25, 0.3) is 11.1 Å². The van der Waals surface area contributed by atoms with Gasteiger partial charge >= 0.3 is 0 Å². The topological polar surface area (TPSA) is 52.0 Å². The van der Waals surface area contributed by atoms with Crippen LogP contribution in [0.3, 0.4) is 0 Å². The van der Waals surface area contributed by atoms with Crippen molar-refractivity contribution in [3.8, 4) is 11.1 Å². The van der Waals surface area contributed by atoms with Gasteiger partial charge in [0.15, 0.2) is 12.0 Å². The van der Waals surface area contributed by atoms with Crippen LogP contribution in [0.5, 0.6) is 0 Å². The summed E-state index contributed by atoms with van der Waals surface area (Å²) in [6.07, 6.45) is 2.21. The van der Waals surface area contributed by atoms with E-state index < -0.39 is 0 Å². The lowest BCUT2D eigenvalue weighted by Crippen LogP contribution is -2.20. The maximum atomic E-state index is 12.2. The van der Waals surface area contributed by atoms with Gasteiger partial charge in [0.1, 0.15) is 0 Å². The molecule has 0 unspecified atom stereocenters. The molecule has 4 heteroatoms. The Balaban J connectivity index is 2.68. The van der Waals surface area contributed by atoms with Gasteiger partial charge in [-0.2, -0.15) is 5.10 Å². The van der Waals surface area contributed by atoms with E-state index in [1.54, 1.807) is 10.9 Å². The second kappa shape index (κ2) is 5.18. The third kappa shape index (κ3) is 2.62. The normalized spacial score (nSPS) is 10.7. The highest BCUT2D eigenvalue weighted by atomic mass is 16.1. The molecule has 4 nitrogen and oxygen atoms in total. The van der Waals surface area contributed by atoms with Crippen LogP contribution in [-0.2, 0) is 0 Å². The summed E-state index contributed by atoms with van der Waals surface area (Å²) in [4.78, 5) is 23.1. The molecule has 0 atom stereocenters. The van der Waals surface area contributed by atoms with Crippen LogP contribution in [0.4, 0.5) is 0 Å². The molecule has 0 bridgehead atoms. The fourth-order valence-corrected chi connectivity index (χ4v) is 1.81. The first kappa shape index (κ1) is 13.2. The fraction of sp³-hybridized carbons (Fsp3) is 0.267. The minimum absolute atomic E-state index is 0.0493. The molecule has 0 aliphatic heterocycles. The number of aldehydes is 1. The number of carbonyl (C=O) groups excluding carboxylic acids is 1. The zero-order valence-electron chi connectivity index (χ0n) is 11.3. The number of nitrogens with zero attached hydrogens (tertiary/aromatic N) is 2. The fourth-order valence-electron chi connectivity index (χ4n) is 1.81. The molecule has 0 N–H and O–H groups in total. The third-order valence-corrected chi connectivity index (χ3v) is 2.97. The van der Waals surface area contributed by atoms with Gasteiger partial charge in [0.25, 0.3) is 0 Å². The van der Waals surface area contributed by atoms with Crippen molar-refractivity contribution in [3.63, 3.8) is 0 Å². The van der Waals surface area contributed by atoms with Crippen LogP contribution < -0.4 is 5.43 Å². The van der Waals surface area contributed by atoms with E-state index in [-0.39, 0.29) is 17.2 Å². The van der Waals surface area contributed by atoms with Gasteiger partial charge in [0.2, 0.25) is 5.43 Å². The highest BCUT2D eigenvalue weighted by Crippen LogP contribution is 2.17. The van der Waals surface area contributed by atoms with Gasteiger partial charge < -0.3 is 0 Å². The van der Waals surface area contributed by atoms with Crippen molar-refractivity contribution in [2.24, 2.45) is 0 Å². The Hall–Kier alpha value is -2.23. The molecule has 0 radical (unpaired) electrons. The lowest BCUT2D eigenvalue weighted by molar-refractivity contribution is 0.111. The molecule has 1 heterocycles. The van der Waals surface area contributed by atoms with Gasteiger partial charge in [-0.25, -0.2) is 0 Å². The molecule has 98 valence electrons. The summed E-state index contributed by atoms with van der Waals surface area (Å²) in [6, 6.07) is 7.73. The summed E-state index contributed by atoms with van der Waals surface area (Å²) in [5, 5.41) is 4.03. The summed E-state index contributed by atoms with van der Waals surface area (Å²) in [5.74, 6) is 0. The van der Waals surface area contributed by atoms with Gasteiger partial charge in [0, 0.05) is 17.8 Å². The molecule has 1 aromatic heterocycles. The molecule has 2 aromatic rings. The highest BCUT2D eigenvalue weighted by molar-refractivity contribution is 5.75. The number of carbonyl (C=O) groups is 1. The predicted molar refractivity (Wildman–Crippen MR) is 74.4 cm³/mol. The van der Waals surface area contributed by atoms with E-state index in [4.69, 9.17) is 0 Å².